The molecule has 4 rings (SSSR count). The SMILES string of the molecule is CC[C@@H](C)[C@H]1NC2(CCN(C(=O)Nc3cccc(Cl)c3)CC2)N(CCc2ccc(OC)c(OC)c2)C1=O. The number of benzene rings is 2. The Morgan fingerprint density at radius 1 is 1.16 bits per heavy atom. The standard InChI is InChI=1S/C28H37ClN4O4/c1-5-19(2)25-26(34)33(14-11-20-9-10-23(36-3)24(17-20)37-4)28(31-25)12-15-32(16-13-28)27(35)30-22-8-6-7-21(29)18-22/h6-10,17-19,25,31H,5,11-16H2,1-4H3,(H,30,35)/t19-,25-/m1/s1. The normalized spacial score (nSPS) is 19.7. The fourth-order valence-electron chi connectivity index (χ4n) is 5.29. The van der Waals surface area contributed by atoms with E-state index in [9.17, 15) is 9.59 Å². The molecule has 2 fully saturated rings. The average molecular weight is 529 g/mol. The number of nitrogens with one attached hydrogen (secondary N) is 2. The molecule has 3 amide bonds. The van der Waals surface area contributed by atoms with Crippen molar-refractivity contribution in [3.05, 3.63) is 53.1 Å². The molecular weight excluding hydrogens is 492 g/mol. The van der Waals surface area contributed by atoms with Crippen molar-refractivity contribution in [1.29, 1.82) is 0 Å². The summed E-state index contributed by atoms with van der Waals surface area (Å²) in [5.74, 6) is 1.73. The van der Waals surface area contributed by atoms with Gasteiger partial charge < -0.3 is 24.6 Å². The van der Waals surface area contributed by atoms with E-state index in [1.54, 1.807) is 31.3 Å². The average Bonchev–Trinajstić information content (AvgIpc) is 3.17. The molecule has 2 heterocycles. The van der Waals surface area contributed by atoms with E-state index in [0.717, 1.165) is 12.0 Å². The maximum atomic E-state index is 13.6. The lowest BCUT2D eigenvalue weighted by molar-refractivity contribution is -0.133. The number of likely N-dealkylation sites (tertiary alicyclic amines) is 1. The highest BCUT2D eigenvalue weighted by atomic mass is 35.5. The minimum Gasteiger partial charge on any atom is -0.493 e. The van der Waals surface area contributed by atoms with Gasteiger partial charge in [0.05, 0.1) is 25.9 Å². The predicted molar refractivity (Wildman–Crippen MR) is 145 cm³/mol. The van der Waals surface area contributed by atoms with Gasteiger partial charge in [-0.25, -0.2) is 4.79 Å². The number of carbonyl (C=O) groups is 2. The molecule has 2 aliphatic heterocycles. The minimum atomic E-state index is -0.464. The second kappa shape index (κ2) is 11.6. The fraction of sp³-hybridized carbons (Fsp3) is 0.500. The zero-order valence-corrected chi connectivity index (χ0v) is 22.8. The summed E-state index contributed by atoms with van der Waals surface area (Å²) in [6, 6.07) is 12.6. The molecule has 2 N–H and O–H groups in total. The molecule has 9 heteroatoms. The Balaban J connectivity index is 1.47. The summed E-state index contributed by atoms with van der Waals surface area (Å²) in [6.07, 6.45) is 2.94. The number of anilines is 1. The number of urea groups is 1. The van der Waals surface area contributed by atoms with Gasteiger partial charge in [-0.1, -0.05) is 44.0 Å². The molecule has 2 atom stereocenters. The molecule has 2 aliphatic rings. The van der Waals surface area contributed by atoms with Crippen LogP contribution in [0.25, 0.3) is 0 Å². The second-order valence-electron chi connectivity index (χ2n) is 9.90. The van der Waals surface area contributed by atoms with Crippen molar-refractivity contribution in [1.82, 2.24) is 15.1 Å². The van der Waals surface area contributed by atoms with Crippen molar-refractivity contribution in [3.8, 4) is 11.5 Å². The van der Waals surface area contributed by atoms with Crippen molar-refractivity contribution in [3.63, 3.8) is 0 Å². The Kier molecular flexibility index (Phi) is 8.49. The van der Waals surface area contributed by atoms with Crippen molar-refractivity contribution in [2.75, 3.05) is 39.2 Å². The lowest BCUT2D eigenvalue weighted by Crippen LogP contribution is -2.60. The maximum Gasteiger partial charge on any atom is 0.321 e. The fourth-order valence-corrected chi connectivity index (χ4v) is 5.48. The van der Waals surface area contributed by atoms with Gasteiger partial charge in [0.15, 0.2) is 11.5 Å². The third-order valence-electron chi connectivity index (χ3n) is 7.71. The van der Waals surface area contributed by atoms with Crippen molar-refractivity contribution < 1.29 is 19.1 Å². The number of hydrogen-bond donors (Lipinski definition) is 2. The van der Waals surface area contributed by atoms with E-state index < -0.39 is 5.66 Å². The van der Waals surface area contributed by atoms with Crippen LogP contribution in [-0.4, -0.2) is 67.3 Å². The summed E-state index contributed by atoms with van der Waals surface area (Å²) in [5, 5.41) is 7.21. The number of rotatable bonds is 8. The summed E-state index contributed by atoms with van der Waals surface area (Å²) in [6.45, 7) is 5.92. The van der Waals surface area contributed by atoms with Crippen molar-refractivity contribution in [2.24, 2.45) is 5.92 Å². The molecule has 2 aromatic rings. The first-order valence-corrected chi connectivity index (χ1v) is 13.3. The molecule has 0 bridgehead atoms. The van der Waals surface area contributed by atoms with E-state index in [2.05, 4.69) is 24.5 Å². The van der Waals surface area contributed by atoms with Crippen molar-refractivity contribution >= 4 is 29.2 Å². The largest absolute Gasteiger partial charge is 0.493 e. The number of piperidine rings is 1. The summed E-state index contributed by atoms with van der Waals surface area (Å²) in [7, 11) is 3.24. The zero-order chi connectivity index (χ0) is 26.6. The first kappa shape index (κ1) is 27.1. The lowest BCUT2D eigenvalue weighted by atomic mass is 9.95. The second-order valence-corrected chi connectivity index (χ2v) is 10.3. The highest BCUT2D eigenvalue weighted by molar-refractivity contribution is 6.30. The maximum absolute atomic E-state index is 13.6. The smallest absolute Gasteiger partial charge is 0.321 e. The molecule has 2 saturated heterocycles. The van der Waals surface area contributed by atoms with Crippen LogP contribution in [-0.2, 0) is 11.2 Å². The third kappa shape index (κ3) is 5.80. The quantitative estimate of drug-likeness (QED) is 0.515. The van der Waals surface area contributed by atoms with Gasteiger partial charge in [-0.2, -0.15) is 0 Å². The molecule has 1 spiro atoms. The van der Waals surface area contributed by atoms with E-state index >= 15 is 0 Å². The van der Waals surface area contributed by atoms with Crippen LogP contribution in [0.1, 0.15) is 38.7 Å². The van der Waals surface area contributed by atoms with Gasteiger partial charge in [0, 0.05) is 43.2 Å². The van der Waals surface area contributed by atoms with Crippen LogP contribution in [0.3, 0.4) is 0 Å². The van der Waals surface area contributed by atoms with Gasteiger partial charge in [0.1, 0.15) is 0 Å². The molecule has 200 valence electrons. The monoisotopic (exact) mass is 528 g/mol. The van der Waals surface area contributed by atoms with E-state index in [-0.39, 0.29) is 23.9 Å². The molecule has 0 aromatic heterocycles. The topological polar surface area (TPSA) is 83.1 Å². The van der Waals surface area contributed by atoms with Crippen molar-refractivity contribution in [2.45, 2.75) is 51.2 Å². The Morgan fingerprint density at radius 3 is 2.54 bits per heavy atom. The van der Waals surface area contributed by atoms with Crippen LogP contribution >= 0.6 is 11.6 Å². The molecule has 8 nitrogen and oxygen atoms in total. The van der Waals surface area contributed by atoms with Gasteiger partial charge >= 0.3 is 6.03 Å². The Labute approximate surface area is 224 Å². The highest BCUT2D eigenvalue weighted by Crippen LogP contribution is 2.36. The van der Waals surface area contributed by atoms with E-state index in [4.69, 9.17) is 21.1 Å². The lowest BCUT2D eigenvalue weighted by Gasteiger charge is -2.44. The summed E-state index contributed by atoms with van der Waals surface area (Å²) in [5.41, 5.74) is 1.28. The molecule has 0 saturated carbocycles. The number of amides is 3. The van der Waals surface area contributed by atoms with Crippen LogP contribution in [0.4, 0.5) is 10.5 Å². The molecule has 0 aliphatic carbocycles. The zero-order valence-electron chi connectivity index (χ0n) is 22.1. The molecule has 2 aromatic carbocycles. The first-order chi connectivity index (χ1) is 17.8. The van der Waals surface area contributed by atoms with Gasteiger partial charge in [0.25, 0.3) is 0 Å². The highest BCUT2D eigenvalue weighted by Gasteiger charge is 2.52. The number of methoxy groups -OCH3 is 2. The third-order valence-corrected chi connectivity index (χ3v) is 7.95. The molecule has 0 radical (unpaired) electrons. The minimum absolute atomic E-state index is 0.145. The number of halogens is 1. The van der Waals surface area contributed by atoms with E-state index in [1.807, 2.05) is 35.2 Å². The molecule has 37 heavy (non-hydrogen) atoms. The number of carbonyl (C=O) groups excluding carboxylic acids is 2. The van der Waals surface area contributed by atoms with Gasteiger partial charge in [-0.15, -0.1) is 0 Å². The van der Waals surface area contributed by atoms with E-state index in [0.29, 0.717) is 61.1 Å². The number of nitrogens with zero attached hydrogens (tertiary/aromatic N) is 2. The number of hydrogen-bond acceptors (Lipinski definition) is 5. The Hall–Kier alpha value is -2.97. The predicted octanol–water partition coefficient (Wildman–Crippen LogP) is 4.77. The summed E-state index contributed by atoms with van der Waals surface area (Å²) < 4.78 is 10.8. The van der Waals surface area contributed by atoms with Crippen LogP contribution in [0.15, 0.2) is 42.5 Å². The van der Waals surface area contributed by atoms with Crippen LogP contribution in [0, 0.1) is 5.92 Å². The Morgan fingerprint density at radius 2 is 1.89 bits per heavy atom. The van der Waals surface area contributed by atoms with Gasteiger partial charge in [-0.3, -0.25) is 10.1 Å². The van der Waals surface area contributed by atoms with Gasteiger partial charge in [0.2, 0.25) is 5.91 Å². The van der Waals surface area contributed by atoms with E-state index in [1.165, 1.54) is 0 Å². The molecular formula is C28H37ClN4O4. The van der Waals surface area contributed by atoms with Crippen LogP contribution < -0.4 is 20.1 Å². The Bertz CT molecular complexity index is 1120. The summed E-state index contributed by atoms with van der Waals surface area (Å²) in [4.78, 5) is 30.4. The van der Waals surface area contributed by atoms with Crippen LogP contribution in [0.5, 0.6) is 11.5 Å². The first-order valence-electron chi connectivity index (χ1n) is 12.9. The van der Waals surface area contributed by atoms with Crippen LogP contribution in [0.2, 0.25) is 5.02 Å². The number of ether oxygens (including phenoxy) is 2. The molecule has 0 unspecified atom stereocenters. The van der Waals surface area contributed by atoms with Gasteiger partial charge in [-0.05, 0) is 48.2 Å². The summed E-state index contributed by atoms with van der Waals surface area (Å²) >= 11 is 6.06.